The lowest BCUT2D eigenvalue weighted by Crippen LogP contribution is -2.37. The van der Waals surface area contributed by atoms with Gasteiger partial charge in [0.2, 0.25) is 5.91 Å². The zero-order valence-corrected chi connectivity index (χ0v) is 12.3. The van der Waals surface area contributed by atoms with Crippen molar-refractivity contribution in [3.8, 4) is 17.6 Å². The van der Waals surface area contributed by atoms with Crippen LogP contribution in [0.15, 0.2) is 24.3 Å². The van der Waals surface area contributed by atoms with Crippen LogP contribution in [0.5, 0.6) is 11.5 Å². The predicted molar refractivity (Wildman–Crippen MR) is 79.1 cm³/mol. The van der Waals surface area contributed by atoms with Gasteiger partial charge in [-0.05, 0) is 37.6 Å². The first-order chi connectivity index (χ1) is 10.5. The van der Waals surface area contributed by atoms with Crippen molar-refractivity contribution >= 4 is 11.8 Å². The van der Waals surface area contributed by atoms with Crippen molar-refractivity contribution in [3.05, 3.63) is 24.3 Å². The number of nitrogens with zero attached hydrogens (tertiary/aromatic N) is 1. The summed E-state index contributed by atoms with van der Waals surface area (Å²) < 4.78 is 5.43. The molecule has 7 nitrogen and oxygen atoms in total. The Balaban J connectivity index is 2.20. The summed E-state index contributed by atoms with van der Waals surface area (Å²) in [5, 5.41) is 22.7. The molecule has 0 radical (unpaired) electrons. The first kappa shape index (κ1) is 17.3. The van der Waals surface area contributed by atoms with Crippen LogP contribution in [0.1, 0.15) is 19.8 Å². The second-order valence-electron chi connectivity index (χ2n) is 4.58. The number of amides is 2. The smallest absolute Gasteiger partial charge is 0.260 e. The highest BCUT2D eigenvalue weighted by atomic mass is 16.5. The molecule has 0 bridgehead atoms. The number of benzene rings is 1. The summed E-state index contributed by atoms with van der Waals surface area (Å²) in [6.45, 7) is 2.42. The standard InChI is InChI=1S/C15H19N3O4/c1-11(22-13-5-3-12(19)4-6-13)15(21)18-10-2-9-17-14(20)7-8-16/h3-6,11,19H,2,7,9-10H2,1H3,(H,17,20)(H,18,21). The van der Waals surface area contributed by atoms with Crippen molar-refractivity contribution in [1.29, 1.82) is 5.26 Å². The number of phenolic OH excluding ortho intramolecular Hbond substituents is 1. The van der Waals surface area contributed by atoms with Gasteiger partial charge in [0.15, 0.2) is 6.10 Å². The van der Waals surface area contributed by atoms with E-state index in [2.05, 4.69) is 10.6 Å². The van der Waals surface area contributed by atoms with E-state index >= 15 is 0 Å². The molecular weight excluding hydrogens is 286 g/mol. The first-order valence-corrected chi connectivity index (χ1v) is 6.90. The molecule has 1 aromatic carbocycles. The summed E-state index contributed by atoms with van der Waals surface area (Å²) in [5.41, 5.74) is 0. The summed E-state index contributed by atoms with van der Waals surface area (Å²) >= 11 is 0. The normalized spacial score (nSPS) is 11.1. The van der Waals surface area contributed by atoms with Crippen molar-refractivity contribution in [2.24, 2.45) is 0 Å². The highest BCUT2D eigenvalue weighted by Crippen LogP contribution is 2.17. The van der Waals surface area contributed by atoms with Crippen molar-refractivity contribution in [2.75, 3.05) is 13.1 Å². The lowest BCUT2D eigenvalue weighted by atomic mass is 10.3. The second kappa shape index (κ2) is 9.23. The Labute approximate surface area is 128 Å². The lowest BCUT2D eigenvalue weighted by Gasteiger charge is -2.14. The number of nitriles is 1. The van der Waals surface area contributed by atoms with Gasteiger partial charge < -0.3 is 20.5 Å². The van der Waals surface area contributed by atoms with Gasteiger partial charge in [0.1, 0.15) is 17.9 Å². The van der Waals surface area contributed by atoms with Crippen LogP contribution >= 0.6 is 0 Å². The van der Waals surface area contributed by atoms with Gasteiger partial charge in [0.05, 0.1) is 6.07 Å². The first-order valence-electron chi connectivity index (χ1n) is 6.90. The van der Waals surface area contributed by atoms with Crippen LogP contribution in [0.4, 0.5) is 0 Å². The van der Waals surface area contributed by atoms with Crippen LogP contribution in [0.2, 0.25) is 0 Å². The zero-order chi connectivity index (χ0) is 16.4. The van der Waals surface area contributed by atoms with E-state index < -0.39 is 6.10 Å². The van der Waals surface area contributed by atoms with Crippen LogP contribution in [-0.4, -0.2) is 36.1 Å². The minimum Gasteiger partial charge on any atom is -0.508 e. The van der Waals surface area contributed by atoms with Gasteiger partial charge in [-0.1, -0.05) is 0 Å². The number of phenols is 1. The molecular formula is C15H19N3O4. The summed E-state index contributed by atoms with van der Waals surface area (Å²) in [4.78, 5) is 22.8. The van der Waals surface area contributed by atoms with Crippen LogP contribution in [0.25, 0.3) is 0 Å². The molecule has 3 N–H and O–H groups in total. The number of carbonyl (C=O) groups excluding carboxylic acids is 2. The van der Waals surface area contributed by atoms with Gasteiger partial charge in [0, 0.05) is 13.1 Å². The molecule has 1 rings (SSSR count). The highest BCUT2D eigenvalue weighted by molar-refractivity contribution is 5.80. The van der Waals surface area contributed by atoms with E-state index in [1.54, 1.807) is 25.1 Å². The van der Waals surface area contributed by atoms with Crippen molar-refractivity contribution in [2.45, 2.75) is 25.9 Å². The molecule has 0 aliphatic heterocycles. The number of aromatic hydroxyl groups is 1. The summed E-state index contributed by atoms with van der Waals surface area (Å²) in [7, 11) is 0. The Morgan fingerprint density at radius 1 is 1.27 bits per heavy atom. The molecule has 22 heavy (non-hydrogen) atoms. The van der Waals surface area contributed by atoms with Crippen LogP contribution in [0.3, 0.4) is 0 Å². The Hall–Kier alpha value is -2.75. The van der Waals surface area contributed by atoms with Crippen molar-refractivity contribution < 1.29 is 19.4 Å². The molecule has 0 aliphatic carbocycles. The Morgan fingerprint density at radius 3 is 2.55 bits per heavy atom. The minimum atomic E-state index is -0.669. The van der Waals surface area contributed by atoms with E-state index in [0.29, 0.717) is 25.3 Å². The molecule has 0 saturated carbocycles. The fraction of sp³-hybridized carbons (Fsp3) is 0.400. The van der Waals surface area contributed by atoms with Gasteiger partial charge in [-0.25, -0.2) is 0 Å². The van der Waals surface area contributed by atoms with E-state index in [4.69, 9.17) is 15.1 Å². The number of carbonyl (C=O) groups is 2. The second-order valence-corrected chi connectivity index (χ2v) is 4.58. The van der Waals surface area contributed by atoms with Crippen molar-refractivity contribution in [1.82, 2.24) is 10.6 Å². The van der Waals surface area contributed by atoms with Gasteiger partial charge in [-0.15, -0.1) is 0 Å². The van der Waals surface area contributed by atoms with E-state index in [9.17, 15) is 9.59 Å². The Morgan fingerprint density at radius 2 is 1.91 bits per heavy atom. The van der Waals surface area contributed by atoms with Gasteiger partial charge in [-0.3, -0.25) is 9.59 Å². The third kappa shape index (κ3) is 6.61. The van der Waals surface area contributed by atoms with E-state index in [0.717, 1.165) is 0 Å². The van der Waals surface area contributed by atoms with Crippen LogP contribution in [-0.2, 0) is 9.59 Å². The fourth-order valence-corrected chi connectivity index (χ4v) is 1.59. The monoisotopic (exact) mass is 305 g/mol. The third-order valence-corrected chi connectivity index (χ3v) is 2.73. The quantitative estimate of drug-likeness (QED) is 0.612. The third-order valence-electron chi connectivity index (χ3n) is 2.73. The van der Waals surface area contributed by atoms with Gasteiger partial charge in [0.25, 0.3) is 5.91 Å². The number of nitrogens with one attached hydrogen (secondary N) is 2. The molecule has 1 aromatic rings. The maximum atomic E-state index is 11.8. The molecule has 1 unspecified atom stereocenters. The highest BCUT2D eigenvalue weighted by Gasteiger charge is 2.13. The largest absolute Gasteiger partial charge is 0.508 e. The summed E-state index contributed by atoms with van der Waals surface area (Å²) in [6, 6.07) is 7.85. The number of hydrogen-bond acceptors (Lipinski definition) is 5. The minimum absolute atomic E-state index is 0.128. The molecule has 0 spiro atoms. The summed E-state index contributed by atoms with van der Waals surface area (Å²) in [6.07, 6.45) is -0.267. The van der Waals surface area contributed by atoms with Gasteiger partial charge in [-0.2, -0.15) is 5.26 Å². The zero-order valence-electron chi connectivity index (χ0n) is 12.3. The van der Waals surface area contributed by atoms with Crippen LogP contribution in [0, 0.1) is 11.3 Å². The molecule has 0 saturated heterocycles. The number of hydrogen-bond donors (Lipinski definition) is 3. The molecule has 2 amide bonds. The maximum Gasteiger partial charge on any atom is 0.260 e. The molecule has 118 valence electrons. The van der Waals surface area contributed by atoms with Crippen LogP contribution < -0.4 is 15.4 Å². The topological polar surface area (TPSA) is 111 Å². The van der Waals surface area contributed by atoms with Gasteiger partial charge >= 0.3 is 0 Å². The number of ether oxygens (including phenoxy) is 1. The SMILES string of the molecule is CC(Oc1ccc(O)cc1)C(=O)NCCCNC(=O)CC#N. The average Bonchev–Trinajstić information content (AvgIpc) is 2.49. The fourth-order valence-electron chi connectivity index (χ4n) is 1.59. The Bertz CT molecular complexity index is 537. The van der Waals surface area contributed by atoms with E-state index in [1.807, 2.05) is 0 Å². The van der Waals surface area contributed by atoms with E-state index in [1.165, 1.54) is 12.1 Å². The average molecular weight is 305 g/mol. The summed E-state index contributed by atoms with van der Waals surface area (Å²) in [5.74, 6) is 0.0291. The molecule has 0 fully saturated rings. The molecule has 1 atom stereocenters. The molecule has 0 aromatic heterocycles. The van der Waals surface area contributed by atoms with E-state index in [-0.39, 0.29) is 24.0 Å². The molecule has 0 heterocycles. The van der Waals surface area contributed by atoms with Crippen molar-refractivity contribution in [3.63, 3.8) is 0 Å². The molecule has 7 heteroatoms. The molecule has 0 aliphatic rings. The lowest BCUT2D eigenvalue weighted by molar-refractivity contribution is -0.127. The predicted octanol–water partition coefficient (Wildman–Crippen LogP) is 0.696. The number of rotatable bonds is 8. The Kier molecular flexibility index (Phi) is 7.26. The maximum absolute atomic E-state index is 11.8.